The van der Waals surface area contributed by atoms with Gasteiger partial charge < -0.3 is 50.4 Å². The summed E-state index contributed by atoms with van der Waals surface area (Å²) in [5.41, 5.74) is -1.02. The van der Waals surface area contributed by atoms with Crippen LogP contribution in [-0.2, 0) is 0 Å². The zero-order chi connectivity index (χ0) is 19.1. The van der Waals surface area contributed by atoms with Gasteiger partial charge in [-0.05, 0) is 0 Å². The van der Waals surface area contributed by atoms with Crippen molar-refractivity contribution in [3.63, 3.8) is 0 Å². The summed E-state index contributed by atoms with van der Waals surface area (Å²) in [4.78, 5) is 0. The van der Waals surface area contributed by atoms with E-state index in [0.717, 1.165) is 6.07 Å². The van der Waals surface area contributed by atoms with Gasteiger partial charge in [-0.3, -0.25) is 0 Å². The molecule has 0 saturated carbocycles. The molecule has 10 nitrogen and oxygen atoms in total. The van der Waals surface area contributed by atoms with Gasteiger partial charge in [0.25, 0.3) is 0 Å². The Labute approximate surface area is 141 Å². The van der Waals surface area contributed by atoms with Crippen molar-refractivity contribution >= 4 is 32.7 Å². The normalized spacial score (nSPS) is 11.7. The molecule has 0 aliphatic heterocycles. The van der Waals surface area contributed by atoms with Crippen molar-refractivity contribution in [2.45, 2.75) is 0 Å². The minimum absolute atomic E-state index is 0.296. The molecule has 4 rings (SSSR count). The smallest absolute Gasteiger partial charge is 0.205 e. The van der Waals surface area contributed by atoms with Crippen LogP contribution in [-0.4, -0.2) is 46.0 Å². The van der Waals surface area contributed by atoms with Crippen molar-refractivity contribution in [2.24, 2.45) is 0 Å². The highest BCUT2D eigenvalue weighted by molar-refractivity contribution is 6.28. The maximum Gasteiger partial charge on any atom is 0.205 e. The van der Waals surface area contributed by atoms with Gasteiger partial charge in [0.2, 0.25) is 23.0 Å². The van der Waals surface area contributed by atoms with Crippen LogP contribution in [0.25, 0.3) is 32.7 Å². The largest absolute Gasteiger partial charge is 0.507 e. The van der Waals surface area contributed by atoms with Crippen LogP contribution in [0, 0.1) is 0 Å². The Morgan fingerprint density at radius 3 is 1.54 bits per heavy atom. The molecule has 4 aromatic rings. The van der Waals surface area contributed by atoms with E-state index in [-0.39, 0.29) is 10.8 Å². The first-order chi connectivity index (χ1) is 12.2. The van der Waals surface area contributed by atoms with Gasteiger partial charge in [-0.25, -0.2) is 0 Å². The summed E-state index contributed by atoms with van der Waals surface area (Å²) in [6.07, 6.45) is 0. The summed E-state index contributed by atoms with van der Waals surface area (Å²) in [5.74, 6) is -8.44. The number of phenolic OH excluding ortho intramolecular Hbond substituents is 9. The Balaban J connectivity index is 2.49. The van der Waals surface area contributed by atoms with E-state index in [1.807, 2.05) is 0 Å². The molecule has 1 heterocycles. The van der Waals surface area contributed by atoms with Crippen LogP contribution in [0.1, 0.15) is 0 Å². The third kappa shape index (κ3) is 1.55. The molecule has 0 spiro atoms. The Bertz CT molecular complexity index is 1270. The second-order valence-corrected chi connectivity index (χ2v) is 5.62. The highest BCUT2D eigenvalue weighted by Gasteiger charge is 2.30. The van der Waals surface area contributed by atoms with Crippen LogP contribution in [0.5, 0.6) is 51.7 Å². The van der Waals surface area contributed by atoms with Gasteiger partial charge in [0.1, 0.15) is 5.75 Å². The summed E-state index contributed by atoms with van der Waals surface area (Å²) >= 11 is 0. The number of rotatable bonds is 0. The second kappa shape index (κ2) is 4.51. The summed E-state index contributed by atoms with van der Waals surface area (Å²) in [7, 11) is 0. The van der Waals surface area contributed by atoms with E-state index in [1.165, 1.54) is 0 Å². The molecule has 9 N–H and O–H groups in total. The molecule has 0 bridgehead atoms. The lowest BCUT2D eigenvalue weighted by Gasteiger charge is -2.12. The summed E-state index contributed by atoms with van der Waals surface area (Å²) in [6, 6.07) is 0.763. The number of phenols is 9. The molecule has 0 fully saturated rings. The van der Waals surface area contributed by atoms with Crippen LogP contribution in [0.2, 0.25) is 0 Å². The molecule has 0 unspecified atom stereocenters. The average Bonchev–Trinajstić information content (AvgIpc) is 3.00. The van der Waals surface area contributed by atoms with Crippen molar-refractivity contribution < 1.29 is 50.4 Å². The lowest BCUT2D eigenvalue weighted by Crippen LogP contribution is -1.84. The number of fused-ring (bicyclic) bond motifs is 5. The van der Waals surface area contributed by atoms with Crippen molar-refractivity contribution in [2.75, 3.05) is 0 Å². The zero-order valence-electron chi connectivity index (χ0n) is 12.5. The molecular formula is C16H10O10. The van der Waals surface area contributed by atoms with Gasteiger partial charge in [0.05, 0.1) is 10.8 Å². The molecular weight excluding hydrogens is 352 g/mol. The van der Waals surface area contributed by atoms with Crippen LogP contribution >= 0.6 is 0 Å². The van der Waals surface area contributed by atoms with E-state index >= 15 is 0 Å². The Hall–Kier alpha value is -4.08. The van der Waals surface area contributed by atoms with Crippen LogP contribution in [0.4, 0.5) is 0 Å². The Morgan fingerprint density at radius 2 is 0.923 bits per heavy atom. The number of benzene rings is 3. The quantitative estimate of drug-likeness (QED) is 0.165. The molecule has 10 heteroatoms. The highest BCUT2D eigenvalue weighted by atomic mass is 16.4. The second-order valence-electron chi connectivity index (χ2n) is 5.62. The first kappa shape index (κ1) is 15.4. The maximum atomic E-state index is 10.2. The van der Waals surface area contributed by atoms with Gasteiger partial charge in [0.15, 0.2) is 34.2 Å². The minimum Gasteiger partial charge on any atom is -0.507 e. The van der Waals surface area contributed by atoms with Gasteiger partial charge in [-0.1, -0.05) is 0 Å². The molecule has 0 aliphatic carbocycles. The predicted molar refractivity (Wildman–Crippen MR) is 86.2 cm³/mol. The van der Waals surface area contributed by atoms with E-state index in [4.69, 9.17) is 4.42 Å². The zero-order valence-corrected chi connectivity index (χ0v) is 12.5. The summed E-state index contributed by atoms with van der Waals surface area (Å²) < 4.78 is 5.21. The average molecular weight is 362 g/mol. The predicted octanol–water partition coefficient (Wildman–Crippen LogP) is 2.09. The van der Waals surface area contributed by atoms with Crippen LogP contribution < -0.4 is 0 Å². The van der Waals surface area contributed by atoms with Gasteiger partial charge in [-0.2, -0.15) is 0 Å². The first-order valence-corrected chi connectivity index (χ1v) is 7.00. The standard InChI is InChI=1S/C16H10O10/c17-2-1-3(18)8(19)15-4(2)6-5-7(11(22)14(25)16(6)26-15)10(21)13(24)12(23)9(5)20/h1,17-25H. The lowest BCUT2D eigenvalue weighted by molar-refractivity contribution is 0.349. The van der Waals surface area contributed by atoms with E-state index in [9.17, 15) is 46.0 Å². The van der Waals surface area contributed by atoms with Crippen LogP contribution in [0.15, 0.2) is 10.5 Å². The highest BCUT2D eigenvalue weighted by Crippen LogP contribution is 2.59. The fourth-order valence-electron chi connectivity index (χ4n) is 3.03. The third-order valence-electron chi connectivity index (χ3n) is 4.22. The Morgan fingerprint density at radius 1 is 0.423 bits per heavy atom. The molecule has 0 saturated heterocycles. The van der Waals surface area contributed by atoms with E-state index in [0.29, 0.717) is 0 Å². The van der Waals surface area contributed by atoms with Gasteiger partial charge in [-0.15, -0.1) is 0 Å². The molecule has 0 radical (unpaired) electrons. The fraction of sp³-hybridized carbons (Fsp3) is 0. The monoisotopic (exact) mass is 362 g/mol. The summed E-state index contributed by atoms with van der Waals surface area (Å²) in [6.45, 7) is 0. The summed E-state index contributed by atoms with van der Waals surface area (Å²) in [5, 5.41) is 88.0. The maximum absolute atomic E-state index is 10.2. The SMILES string of the molecule is Oc1cc(O)c2c(oc3c(O)c(O)c4c(O)c(O)c(O)c(O)c4c32)c1O. The molecule has 0 aliphatic rings. The molecule has 134 valence electrons. The van der Waals surface area contributed by atoms with Gasteiger partial charge in [0, 0.05) is 16.8 Å². The van der Waals surface area contributed by atoms with Crippen molar-refractivity contribution in [1.29, 1.82) is 0 Å². The molecule has 0 atom stereocenters. The number of hydrogen-bond acceptors (Lipinski definition) is 10. The van der Waals surface area contributed by atoms with Gasteiger partial charge >= 0.3 is 0 Å². The Kier molecular flexibility index (Phi) is 2.68. The molecule has 0 amide bonds. The fourth-order valence-corrected chi connectivity index (χ4v) is 3.03. The lowest BCUT2D eigenvalue weighted by atomic mass is 9.98. The number of furan rings is 1. The number of aromatic hydroxyl groups is 9. The van der Waals surface area contributed by atoms with Crippen LogP contribution in [0.3, 0.4) is 0 Å². The van der Waals surface area contributed by atoms with E-state index in [1.54, 1.807) is 0 Å². The van der Waals surface area contributed by atoms with E-state index < -0.39 is 73.7 Å². The molecule has 3 aromatic carbocycles. The molecule has 1 aromatic heterocycles. The van der Waals surface area contributed by atoms with Crippen molar-refractivity contribution in [3.8, 4) is 51.7 Å². The van der Waals surface area contributed by atoms with E-state index in [2.05, 4.69) is 0 Å². The van der Waals surface area contributed by atoms with Crippen molar-refractivity contribution in [1.82, 2.24) is 0 Å². The molecule has 26 heavy (non-hydrogen) atoms. The first-order valence-electron chi connectivity index (χ1n) is 7.00. The number of hydrogen-bond donors (Lipinski definition) is 9. The topological polar surface area (TPSA) is 195 Å². The van der Waals surface area contributed by atoms with Crippen molar-refractivity contribution in [3.05, 3.63) is 6.07 Å². The minimum atomic E-state index is -1.15. The third-order valence-corrected chi connectivity index (χ3v) is 4.22.